The highest BCUT2D eigenvalue weighted by molar-refractivity contribution is 8.18. The first-order chi connectivity index (χ1) is 17.4. The molecule has 0 aromatic heterocycles. The molecule has 0 spiro atoms. The van der Waals surface area contributed by atoms with E-state index in [0.717, 1.165) is 39.6 Å². The number of hydrogen-bond donors (Lipinski definition) is 0. The van der Waals surface area contributed by atoms with E-state index in [0.29, 0.717) is 34.5 Å². The second kappa shape index (κ2) is 11.5. The fourth-order valence-electron chi connectivity index (χ4n) is 3.87. The number of halogens is 1. The van der Waals surface area contributed by atoms with Crippen molar-refractivity contribution in [3.63, 3.8) is 0 Å². The van der Waals surface area contributed by atoms with Crippen LogP contribution in [0.25, 0.3) is 6.08 Å². The van der Waals surface area contributed by atoms with E-state index in [4.69, 9.17) is 21.1 Å². The predicted molar refractivity (Wildman–Crippen MR) is 145 cm³/mol. The van der Waals surface area contributed by atoms with Gasteiger partial charge in [-0.25, -0.2) is 0 Å². The smallest absolute Gasteiger partial charge is 0.293 e. The van der Waals surface area contributed by atoms with Crippen molar-refractivity contribution in [3.05, 3.63) is 111 Å². The summed E-state index contributed by atoms with van der Waals surface area (Å²) in [6, 6.07) is 18.9. The van der Waals surface area contributed by atoms with Gasteiger partial charge in [-0.3, -0.25) is 14.5 Å². The van der Waals surface area contributed by atoms with Crippen molar-refractivity contribution in [3.8, 4) is 11.5 Å². The molecule has 0 radical (unpaired) electrons. The topological polar surface area (TPSA) is 55.8 Å². The summed E-state index contributed by atoms with van der Waals surface area (Å²) in [7, 11) is 1.57. The molecule has 36 heavy (non-hydrogen) atoms. The van der Waals surface area contributed by atoms with Crippen molar-refractivity contribution in [1.82, 2.24) is 4.90 Å². The van der Waals surface area contributed by atoms with Gasteiger partial charge < -0.3 is 9.47 Å². The van der Waals surface area contributed by atoms with Crippen molar-refractivity contribution in [2.75, 3.05) is 7.11 Å². The Hall–Kier alpha value is -3.48. The third-order valence-electron chi connectivity index (χ3n) is 5.80. The van der Waals surface area contributed by atoms with Gasteiger partial charge in [0.05, 0.1) is 18.6 Å². The number of nitrogens with zero attached hydrogens (tertiary/aromatic N) is 1. The van der Waals surface area contributed by atoms with Gasteiger partial charge in [0.15, 0.2) is 11.5 Å². The van der Waals surface area contributed by atoms with Gasteiger partial charge in [0.1, 0.15) is 6.61 Å². The highest BCUT2D eigenvalue weighted by Crippen LogP contribution is 2.38. The van der Waals surface area contributed by atoms with E-state index < -0.39 is 0 Å². The number of hydrogen-bond acceptors (Lipinski definition) is 5. The first-order valence-corrected chi connectivity index (χ1v) is 12.6. The monoisotopic (exact) mass is 519 g/mol. The van der Waals surface area contributed by atoms with Crippen LogP contribution in [0.1, 0.15) is 27.8 Å². The molecule has 2 amide bonds. The normalized spacial score (nSPS) is 14.4. The summed E-state index contributed by atoms with van der Waals surface area (Å²) < 4.78 is 11.8. The van der Waals surface area contributed by atoms with E-state index in [1.807, 2.05) is 61.5 Å². The SMILES string of the molecule is C=CCc1cc(/C=C2\SC(=O)N(Cc3ccccc3C)C2=O)cc(OC)c1OCc1ccc(Cl)cc1. The molecule has 0 N–H and O–H groups in total. The third-order valence-corrected chi connectivity index (χ3v) is 6.96. The number of benzene rings is 3. The third kappa shape index (κ3) is 5.83. The zero-order chi connectivity index (χ0) is 25.7. The van der Waals surface area contributed by atoms with E-state index >= 15 is 0 Å². The van der Waals surface area contributed by atoms with E-state index in [1.54, 1.807) is 25.3 Å². The van der Waals surface area contributed by atoms with Crippen LogP contribution in [-0.4, -0.2) is 23.2 Å². The second-order valence-corrected chi connectivity index (χ2v) is 9.74. The fourth-order valence-corrected chi connectivity index (χ4v) is 4.84. The highest BCUT2D eigenvalue weighted by Gasteiger charge is 2.35. The molecule has 1 heterocycles. The van der Waals surface area contributed by atoms with Crippen LogP contribution < -0.4 is 9.47 Å². The highest BCUT2D eigenvalue weighted by atomic mass is 35.5. The minimum absolute atomic E-state index is 0.247. The minimum atomic E-state index is -0.305. The molecule has 1 aliphatic heterocycles. The van der Waals surface area contributed by atoms with Crippen LogP contribution in [0.5, 0.6) is 11.5 Å². The molecular formula is C29H26ClNO4S. The molecule has 1 saturated heterocycles. The van der Waals surface area contributed by atoms with Gasteiger partial charge in [-0.1, -0.05) is 54.1 Å². The number of carbonyl (C=O) groups excluding carboxylic acids is 2. The Bertz CT molecular complexity index is 1330. The van der Waals surface area contributed by atoms with Gasteiger partial charge in [-0.15, -0.1) is 6.58 Å². The summed E-state index contributed by atoms with van der Waals surface area (Å²) in [5, 5.41) is 0.382. The van der Waals surface area contributed by atoms with Crippen LogP contribution in [0.3, 0.4) is 0 Å². The lowest BCUT2D eigenvalue weighted by atomic mass is 10.0. The summed E-state index contributed by atoms with van der Waals surface area (Å²) in [5.41, 5.74) is 4.55. The van der Waals surface area contributed by atoms with Gasteiger partial charge in [0, 0.05) is 10.6 Å². The molecule has 0 unspecified atom stereocenters. The molecule has 3 aromatic rings. The van der Waals surface area contributed by atoms with Gasteiger partial charge in [-0.2, -0.15) is 0 Å². The number of ether oxygens (including phenoxy) is 2. The molecule has 3 aromatic carbocycles. The zero-order valence-corrected chi connectivity index (χ0v) is 21.7. The van der Waals surface area contributed by atoms with Crippen molar-refractivity contribution < 1.29 is 19.1 Å². The average molecular weight is 520 g/mol. The predicted octanol–water partition coefficient (Wildman–Crippen LogP) is 7.20. The van der Waals surface area contributed by atoms with E-state index in [2.05, 4.69) is 6.58 Å². The standard InChI is InChI=1S/C29H26ClNO4S/c1-4-7-22-14-21(15-25(34-3)27(22)35-18-20-10-12-24(30)13-11-20)16-26-28(32)31(29(33)36-26)17-23-9-6-5-8-19(23)2/h4-6,8-16H,1,7,17-18H2,2-3H3/b26-16-. The lowest BCUT2D eigenvalue weighted by Gasteiger charge is -2.16. The molecule has 0 bridgehead atoms. The number of rotatable bonds is 9. The fraction of sp³-hybridized carbons (Fsp3) is 0.172. The summed E-state index contributed by atoms with van der Waals surface area (Å²) in [4.78, 5) is 27.4. The Kier molecular flexibility index (Phi) is 8.18. The van der Waals surface area contributed by atoms with Gasteiger partial charge in [0.2, 0.25) is 0 Å². The van der Waals surface area contributed by atoms with Crippen molar-refractivity contribution in [1.29, 1.82) is 0 Å². The van der Waals surface area contributed by atoms with Crippen LogP contribution in [0.2, 0.25) is 5.02 Å². The molecule has 0 aliphatic carbocycles. The summed E-state index contributed by atoms with van der Waals surface area (Å²) in [5.74, 6) is 0.839. The molecule has 7 heteroatoms. The van der Waals surface area contributed by atoms with Crippen molar-refractivity contribution in [2.24, 2.45) is 0 Å². The van der Waals surface area contributed by atoms with Gasteiger partial charge in [0.25, 0.3) is 11.1 Å². The van der Waals surface area contributed by atoms with Crippen LogP contribution >= 0.6 is 23.4 Å². The molecule has 1 aliphatic rings. The first-order valence-electron chi connectivity index (χ1n) is 11.4. The Morgan fingerprint density at radius 1 is 1.06 bits per heavy atom. The lowest BCUT2D eigenvalue weighted by Crippen LogP contribution is -2.27. The first kappa shape index (κ1) is 25.6. The maximum Gasteiger partial charge on any atom is 0.293 e. The molecule has 1 fully saturated rings. The Morgan fingerprint density at radius 2 is 1.81 bits per heavy atom. The molecule has 184 valence electrons. The quantitative estimate of drug-likeness (QED) is 0.221. The summed E-state index contributed by atoms with van der Waals surface area (Å²) in [6.07, 6.45) is 4.05. The Morgan fingerprint density at radius 3 is 2.50 bits per heavy atom. The number of allylic oxidation sites excluding steroid dienone is 1. The van der Waals surface area contributed by atoms with Crippen LogP contribution in [0.15, 0.2) is 78.2 Å². The largest absolute Gasteiger partial charge is 0.493 e. The van der Waals surface area contributed by atoms with Crippen LogP contribution in [-0.2, 0) is 24.4 Å². The minimum Gasteiger partial charge on any atom is -0.493 e. The van der Waals surface area contributed by atoms with Crippen molar-refractivity contribution >= 4 is 40.6 Å². The zero-order valence-electron chi connectivity index (χ0n) is 20.1. The number of aryl methyl sites for hydroxylation is 1. The molecule has 5 nitrogen and oxygen atoms in total. The summed E-state index contributed by atoms with van der Waals surface area (Å²) >= 11 is 6.92. The van der Waals surface area contributed by atoms with Crippen LogP contribution in [0.4, 0.5) is 4.79 Å². The number of methoxy groups -OCH3 is 1. The van der Waals surface area contributed by atoms with Crippen molar-refractivity contribution in [2.45, 2.75) is 26.5 Å². The summed E-state index contributed by atoms with van der Waals surface area (Å²) in [6.45, 7) is 6.41. The van der Waals surface area contributed by atoms with E-state index in [9.17, 15) is 9.59 Å². The lowest BCUT2D eigenvalue weighted by molar-refractivity contribution is -0.123. The number of imide groups is 1. The molecule has 4 rings (SSSR count). The number of carbonyl (C=O) groups is 2. The maximum absolute atomic E-state index is 13.1. The maximum atomic E-state index is 13.1. The Balaban J connectivity index is 1.59. The van der Waals surface area contributed by atoms with E-state index in [-0.39, 0.29) is 17.7 Å². The molecule has 0 atom stereocenters. The van der Waals surface area contributed by atoms with Crippen LogP contribution in [0, 0.1) is 6.92 Å². The molecular weight excluding hydrogens is 494 g/mol. The number of thioether (sulfide) groups is 1. The van der Waals surface area contributed by atoms with Gasteiger partial charge in [-0.05, 0) is 77.7 Å². The molecule has 0 saturated carbocycles. The second-order valence-electron chi connectivity index (χ2n) is 8.31. The van der Waals surface area contributed by atoms with Gasteiger partial charge >= 0.3 is 0 Å². The Labute approximate surface area is 220 Å². The average Bonchev–Trinajstić information content (AvgIpc) is 3.12. The number of amides is 2. The van der Waals surface area contributed by atoms with E-state index in [1.165, 1.54) is 4.90 Å².